The Bertz CT molecular complexity index is 895. The number of rotatable bonds is 8. The SMILES string of the molecule is CCOc1ccccc1N1CCN(C(=O)CCN(C(=O)c2cnccn2)C2CC2)CC1. The highest BCUT2D eigenvalue weighted by Gasteiger charge is 2.34. The summed E-state index contributed by atoms with van der Waals surface area (Å²) in [4.78, 5) is 39.7. The molecule has 0 radical (unpaired) electrons. The molecule has 8 heteroatoms. The van der Waals surface area contributed by atoms with Crippen molar-refractivity contribution in [1.29, 1.82) is 0 Å². The third-order valence-electron chi connectivity index (χ3n) is 5.74. The molecule has 2 aliphatic rings. The van der Waals surface area contributed by atoms with Crippen LogP contribution in [0.2, 0.25) is 0 Å². The Kier molecular flexibility index (Phi) is 6.64. The molecule has 0 bridgehead atoms. The van der Waals surface area contributed by atoms with Gasteiger partial charge in [-0.15, -0.1) is 0 Å². The predicted molar refractivity (Wildman–Crippen MR) is 117 cm³/mol. The molecular formula is C23H29N5O3. The summed E-state index contributed by atoms with van der Waals surface area (Å²) in [5.41, 5.74) is 1.41. The van der Waals surface area contributed by atoms with Crippen molar-refractivity contribution in [1.82, 2.24) is 19.8 Å². The Morgan fingerprint density at radius 3 is 2.58 bits per heavy atom. The largest absolute Gasteiger partial charge is 0.492 e. The summed E-state index contributed by atoms with van der Waals surface area (Å²) in [6, 6.07) is 8.25. The molecule has 2 heterocycles. The lowest BCUT2D eigenvalue weighted by atomic mass is 10.2. The molecule has 8 nitrogen and oxygen atoms in total. The molecule has 0 N–H and O–H groups in total. The first-order chi connectivity index (χ1) is 15.2. The van der Waals surface area contributed by atoms with Crippen molar-refractivity contribution in [3.8, 4) is 5.75 Å². The highest BCUT2D eigenvalue weighted by Crippen LogP contribution is 2.30. The molecule has 1 aromatic carbocycles. The van der Waals surface area contributed by atoms with Gasteiger partial charge in [0.1, 0.15) is 11.4 Å². The molecule has 0 atom stereocenters. The third kappa shape index (κ3) is 5.13. The smallest absolute Gasteiger partial charge is 0.274 e. The molecule has 1 saturated carbocycles. The van der Waals surface area contributed by atoms with Crippen LogP contribution < -0.4 is 9.64 Å². The van der Waals surface area contributed by atoms with Gasteiger partial charge in [-0.2, -0.15) is 0 Å². The van der Waals surface area contributed by atoms with Crippen LogP contribution in [0.4, 0.5) is 5.69 Å². The number of ether oxygens (including phenoxy) is 1. The van der Waals surface area contributed by atoms with E-state index in [-0.39, 0.29) is 17.9 Å². The highest BCUT2D eigenvalue weighted by molar-refractivity contribution is 5.92. The summed E-state index contributed by atoms with van der Waals surface area (Å²) in [5.74, 6) is 0.837. The topological polar surface area (TPSA) is 78.9 Å². The van der Waals surface area contributed by atoms with Gasteiger partial charge in [-0.1, -0.05) is 12.1 Å². The summed E-state index contributed by atoms with van der Waals surface area (Å²) >= 11 is 0. The molecule has 2 amide bonds. The maximum Gasteiger partial charge on any atom is 0.274 e. The zero-order valence-electron chi connectivity index (χ0n) is 17.9. The van der Waals surface area contributed by atoms with Gasteiger partial charge in [0.2, 0.25) is 5.91 Å². The zero-order valence-corrected chi connectivity index (χ0v) is 17.9. The third-order valence-corrected chi connectivity index (χ3v) is 5.74. The lowest BCUT2D eigenvalue weighted by Gasteiger charge is -2.37. The first kappa shape index (κ1) is 21.1. The van der Waals surface area contributed by atoms with Gasteiger partial charge < -0.3 is 19.4 Å². The normalized spacial score (nSPS) is 16.2. The van der Waals surface area contributed by atoms with Crippen LogP contribution in [-0.2, 0) is 4.79 Å². The number of nitrogens with zero attached hydrogens (tertiary/aromatic N) is 5. The van der Waals surface area contributed by atoms with E-state index in [1.165, 1.54) is 12.4 Å². The average Bonchev–Trinajstić information content (AvgIpc) is 3.65. The van der Waals surface area contributed by atoms with E-state index >= 15 is 0 Å². The number of piperazine rings is 1. The molecule has 0 spiro atoms. The number of carbonyl (C=O) groups excluding carboxylic acids is 2. The van der Waals surface area contributed by atoms with E-state index < -0.39 is 0 Å². The van der Waals surface area contributed by atoms with Crippen LogP contribution in [0.5, 0.6) is 5.75 Å². The number of amides is 2. The average molecular weight is 424 g/mol. The van der Waals surface area contributed by atoms with Gasteiger partial charge in [0.15, 0.2) is 0 Å². The van der Waals surface area contributed by atoms with Crippen LogP contribution in [-0.4, -0.2) is 77.0 Å². The van der Waals surface area contributed by atoms with Crippen LogP contribution in [0.15, 0.2) is 42.9 Å². The van der Waals surface area contributed by atoms with Crippen molar-refractivity contribution in [2.24, 2.45) is 0 Å². The molecular weight excluding hydrogens is 394 g/mol. The van der Waals surface area contributed by atoms with Crippen LogP contribution in [0.25, 0.3) is 0 Å². The van der Waals surface area contributed by atoms with Crippen LogP contribution >= 0.6 is 0 Å². The Morgan fingerprint density at radius 1 is 1.13 bits per heavy atom. The minimum absolute atomic E-state index is 0.0929. The first-order valence-corrected chi connectivity index (χ1v) is 11.0. The lowest BCUT2D eigenvalue weighted by molar-refractivity contribution is -0.131. The molecule has 1 aliphatic heterocycles. The second-order valence-electron chi connectivity index (χ2n) is 7.84. The predicted octanol–water partition coefficient (Wildman–Crippen LogP) is 2.22. The number of aromatic nitrogens is 2. The summed E-state index contributed by atoms with van der Waals surface area (Å²) in [6.07, 6.45) is 6.86. The molecule has 31 heavy (non-hydrogen) atoms. The Morgan fingerprint density at radius 2 is 1.90 bits per heavy atom. The van der Waals surface area contributed by atoms with E-state index in [1.54, 1.807) is 11.1 Å². The fourth-order valence-electron chi connectivity index (χ4n) is 3.96. The number of hydrogen-bond acceptors (Lipinski definition) is 6. The van der Waals surface area contributed by atoms with Gasteiger partial charge in [-0.3, -0.25) is 14.6 Å². The minimum atomic E-state index is -0.138. The van der Waals surface area contributed by atoms with Gasteiger partial charge in [0.05, 0.1) is 18.5 Å². The van der Waals surface area contributed by atoms with E-state index in [0.717, 1.165) is 37.4 Å². The maximum absolute atomic E-state index is 12.8. The van der Waals surface area contributed by atoms with Gasteiger partial charge in [0, 0.05) is 57.6 Å². The quantitative estimate of drug-likeness (QED) is 0.648. The van der Waals surface area contributed by atoms with Crippen molar-refractivity contribution in [3.63, 3.8) is 0 Å². The Hall–Kier alpha value is -3.16. The monoisotopic (exact) mass is 423 g/mol. The summed E-state index contributed by atoms with van der Waals surface area (Å²) in [5, 5.41) is 0. The maximum atomic E-state index is 12.8. The Labute approximate surface area is 182 Å². The van der Waals surface area contributed by atoms with Gasteiger partial charge in [0.25, 0.3) is 5.91 Å². The molecule has 2 aromatic rings. The van der Waals surface area contributed by atoms with Crippen molar-refractivity contribution >= 4 is 17.5 Å². The second-order valence-corrected chi connectivity index (χ2v) is 7.84. The summed E-state index contributed by atoms with van der Waals surface area (Å²) in [6.45, 7) is 5.89. The fourth-order valence-corrected chi connectivity index (χ4v) is 3.96. The van der Waals surface area contributed by atoms with Gasteiger partial charge in [-0.05, 0) is 31.9 Å². The fraction of sp³-hybridized carbons (Fsp3) is 0.478. The van der Waals surface area contributed by atoms with E-state index in [1.807, 2.05) is 30.0 Å². The van der Waals surface area contributed by atoms with Gasteiger partial charge >= 0.3 is 0 Å². The highest BCUT2D eigenvalue weighted by atomic mass is 16.5. The van der Waals surface area contributed by atoms with Crippen molar-refractivity contribution < 1.29 is 14.3 Å². The number of carbonyl (C=O) groups is 2. The van der Waals surface area contributed by atoms with Crippen LogP contribution in [0, 0.1) is 0 Å². The zero-order chi connectivity index (χ0) is 21.6. The minimum Gasteiger partial charge on any atom is -0.492 e. The van der Waals surface area contributed by atoms with Crippen LogP contribution in [0.1, 0.15) is 36.7 Å². The molecule has 1 aromatic heterocycles. The number of hydrogen-bond donors (Lipinski definition) is 0. The molecule has 2 fully saturated rings. The van der Waals surface area contributed by atoms with Crippen molar-refractivity contribution in [3.05, 3.63) is 48.5 Å². The first-order valence-electron chi connectivity index (χ1n) is 11.0. The number of anilines is 1. The molecule has 4 rings (SSSR count). The molecule has 1 aliphatic carbocycles. The summed E-state index contributed by atoms with van der Waals surface area (Å²) < 4.78 is 5.75. The van der Waals surface area contributed by atoms with Gasteiger partial charge in [-0.25, -0.2) is 4.98 Å². The molecule has 0 unspecified atom stereocenters. The molecule has 164 valence electrons. The summed E-state index contributed by atoms with van der Waals surface area (Å²) in [7, 11) is 0. The second kappa shape index (κ2) is 9.76. The Balaban J connectivity index is 1.30. The van der Waals surface area contributed by atoms with E-state index in [9.17, 15) is 9.59 Å². The van der Waals surface area contributed by atoms with Crippen molar-refractivity contribution in [2.75, 3.05) is 44.2 Å². The number of para-hydroxylation sites is 2. The van der Waals surface area contributed by atoms with Crippen LogP contribution in [0.3, 0.4) is 0 Å². The van der Waals surface area contributed by atoms with E-state index in [2.05, 4.69) is 20.9 Å². The van der Waals surface area contributed by atoms with E-state index in [4.69, 9.17) is 4.74 Å². The standard InChI is InChI=1S/C23H29N5O3/c1-2-31-21-6-4-3-5-20(21)26-13-15-27(16-14-26)22(29)9-12-28(18-7-8-18)23(30)19-17-24-10-11-25-19/h3-6,10-11,17-18H,2,7-9,12-16H2,1H3. The van der Waals surface area contributed by atoms with Crippen molar-refractivity contribution in [2.45, 2.75) is 32.2 Å². The molecule has 1 saturated heterocycles. The number of benzene rings is 1. The van der Waals surface area contributed by atoms with E-state index in [0.29, 0.717) is 38.4 Å². The lowest BCUT2D eigenvalue weighted by Crippen LogP contribution is -2.49.